The average molecular weight is 387 g/mol. The first-order chi connectivity index (χ1) is 13.7. The van der Waals surface area contributed by atoms with Gasteiger partial charge in [0, 0.05) is 44.7 Å². The molecule has 8 heteroatoms. The van der Waals surface area contributed by atoms with Crippen LogP contribution in [0.15, 0.2) is 41.1 Å². The highest BCUT2D eigenvalue weighted by Crippen LogP contribution is 2.20. The van der Waals surface area contributed by atoms with E-state index in [0.29, 0.717) is 43.9 Å². The molecule has 1 aliphatic rings. The van der Waals surface area contributed by atoms with Crippen molar-refractivity contribution in [2.45, 2.75) is 31.9 Å². The van der Waals surface area contributed by atoms with E-state index in [2.05, 4.69) is 10.5 Å². The predicted octanol–water partition coefficient (Wildman–Crippen LogP) is 2.01. The second-order valence-electron chi connectivity index (χ2n) is 6.64. The van der Waals surface area contributed by atoms with Crippen LogP contribution in [0.2, 0.25) is 0 Å². The molecular weight excluding hydrogens is 362 g/mol. The van der Waals surface area contributed by atoms with E-state index in [0.717, 1.165) is 18.6 Å². The fraction of sp³-hybridized carbons (Fsp3) is 0.450. The normalized spacial score (nSPS) is 14.7. The molecule has 1 N–H and O–H groups in total. The molecule has 150 valence electrons. The van der Waals surface area contributed by atoms with E-state index in [1.165, 1.54) is 6.26 Å². The summed E-state index contributed by atoms with van der Waals surface area (Å²) in [7, 11) is 1.60. The van der Waals surface area contributed by atoms with Gasteiger partial charge in [-0.05, 0) is 24.3 Å². The fourth-order valence-corrected chi connectivity index (χ4v) is 3.05. The Bertz CT molecular complexity index is 753. The van der Waals surface area contributed by atoms with Crippen LogP contribution in [-0.2, 0) is 16.1 Å². The van der Waals surface area contributed by atoms with Gasteiger partial charge < -0.3 is 24.2 Å². The monoisotopic (exact) mass is 387 g/mol. The molecule has 0 radical (unpaired) electrons. The molecule has 0 atom stereocenters. The third-order valence-electron chi connectivity index (χ3n) is 4.66. The highest BCUT2D eigenvalue weighted by Gasteiger charge is 2.23. The van der Waals surface area contributed by atoms with Crippen molar-refractivity contribution in [2.75, 3.05) is 26.8 Å². The predicted molar refractivity (Wildman–Crippen MR) is 101 cm³/mol. The number of nitrogens with zero attached hydrogens (tertiary/aromatic N) is 2. The number of benzene rings is 1. The quantitative estimate of drug-likeness (QED) is 0.745. The summed E-state index contributed by atoms with van der Waals surface area (Å²) in [4.78, 5) is 26.0. The number of ether oxygens (including phenoxy) is 2. The number of carbonyl (C=O) groups is 2. The molecule has 28 heavy (non-hydrogen) atoms. The molecule has 2 heterocycles. The maximum Gasteiger partial charge on any atom is 0.251 e. The van der Waals surface area contributed by atoms with Crippen LogP contribution in [0.25, 0.3) is 0 Å². The SMILES string of the molecule is COCCC(=O)N1CCC(Oc2ccc(C(=O)NCc3ccon3)cc2)CC1. The van der Waals surface area contributed by atoms with E-state index in [9.17, 15) is 9.59 Å². The number of rotatable bonds is 8. The van der Waals surface area contributed by atoms with E-state index < -0.39 is 0 Å². The van der Waals surface area contributed by atoms with Gasteiger partial charge in [0.05, 0.1) is 19.6 Å². The van der Waals surface area contributed by atoms with Crippen LogP contribution < -0.4 is 10.1 Å². The third-order valence-corrected chi connectivity index (χ3v) is 4.66. The largest absolute Gasteiger partial charge is 0.490 e. The van der Waals surface area contributed by atoms with Crippen LogP contribution in [0.3, 0.4) is 0 Å². The van der Waals surface area contributed by atoms with Crippen LogP contribution in [-0.4, -0.2) is 54.8 Å². The van der Waals surface area contributed by atoms with Gasteiger partial charge in [-0.15, -0.1) is 0 Å². The van der Waals surface area contributed by atoms with Crippen molar-refractivity contribution in [3.63, 3.8) is 0 Å². The van der Waals surface area contributed by atoms with Gasteiger partial charge in [-0.2, -0.15) is 0 Å². The van der Waals surface area contributed by atoms with Crippen LogP contribution in [0.4, 0.5) is 0 Å². The molecule has 0 unspecified atom stereocenters. The summed E-state index contributed by atoms with van der Waals surface area (Å²) in [5.74, 6) is 0.663. The van der Waals surface area contributed by atoms with Crippen LogP contribution in [0, 0.1) is 0 Å². The second-order valence-corrected chi connectivity index (χ2v) is 6.64. The van der Waals surface area contributed by atoms with E-state index in [1.54, 1.807) is 37.4 Å². The number of likely N-dealkylation sites (tertiary alicyclic amines) is 1. The smallest absolute Gasteiger partial charge is 0.251 e. The van der Waals surface area contributed by atoms with Gasteiger partial charge in [0.2, 0.25) is 5.91 Å². The van der Waals surface area contributed by atoms with Gasteiger partial charge in [0.15, 0.2) is 0 Å². The van der Waals surface area contributed by atoms with Crippen molar-refractivity contribution in [2.24, 2.45) is 0 Å². The lowest BCUT2D eigenvalue weighted by Gasteiger charge is -2.32. The first kappa shape index (κ1) is 19.9. The molecule has 8 nitrogen and oxygen atoms in total. The molecule has 0 spiro atoms. The fourth-order valence-electron chi connectivity index (χ4n) is 3.05. The summed E-state index contributed by atoms with van der Waals surface area (Å²) in [5, 5.41) is 6.53. The van der Waals surface area contributed by atoms with Crippen molar-refractivity contribution in [1.29, 1.82) is 0 Å². The minimum Gasteiger partial charge on any atom is -0.490 e. The minimum absolute atomic E-state index is 0.0679. The molecule has 0 aliphatic carbocycles. The molecule has 3 rings (SSSR count). The summed E-state index contributed by atoms with van der Waals surface area (Å²) >= 11 is 0. The molecule has 2 aromatic rings. The summed E-state index contributed by atoms with van der Waals surface area (Å²) < 4.78 is 15.7. The number of piperidine rings is 1. The Balaban J connectivity index is 1.43. The van der Waals surface area contributed by atoms with E-state index in [1.807, 2.05) is 4.90 Å². The first-order valence-corrected chi connectivity index (χ1v) is 9.36. The van der Waals surface area contributed by atoms with Crippen LogP contribution in [0.1, 0.15) is 35.3 Å². The highest BCUT2D eigenvalue weighted by atomic mass is 16.5. The minimum atomic E-state index is -0.183. The Hall–Kier alpha value is -2.87. The number of methoxy groups -OCH3 is 1. The van der Waals surface area contributed by atoms with Crippen molar-refractivity contribution >= 4 is 11.8 Å². The molecule has 1 aromatic heterocycles. The van der Waals surface area contributed by atoms with Gasteiger partial charge in [0.1, 0.15) is 23.8 Å². The zero-order valence-corrected chi connectivity index (χ0v) is 15.9. The number of hydrogen-bond donors (Lipinski definition) is 1. The van der Waals surface area contributed by atoms with Gasteiger partial charge in [-0.1, -0.05) is 5.16 Å². The molecule has 1 aliphatic heterocycles. The van der Waals surface area contributed by atoms with Gasteiger partial charge in [-0.25, -0.2) is 0 Å². The molecule has 0 bridgehead atoms. The van der Waals surface area contributed by atoms with Crippen molar-refractivity contribution in [3.8, 4) is 5.75 Å². The van der Waals surface area contributed by atoms with E-state index >= 15 is 0 Å². The van der Waals surface area contributed by atoms with E-state index in [-0.39, 0.29) is 17.9 Å². The zero-order valence-electron chi connectivity index (χ0n) is 15.9. The van der Waals surface area contributed by atoms with Gasteiger partial charge in [-0.3, -0.25) is 9.59 Å². The number of amides is 2. The molecule has 2 amide bonds. The first-order valence-electron chi connectivity index (χ1n) is 9.36. The Kier molecular flexibility index (Phi) is 7.02. The molecule has 1 saturated heterocycles. The van der Waals surface area contributed by atoms with Crippen molar-refractivity contribution in [1.82, 2.24) is 15.4 Å². The standard InChI is InChI=1S/C20H25N3O5/c1-26-12-9-19(24)23-10-6-18(7-11-23)28-17-4-2-15(3-5-17)20(25)21-14-16-8-13-27-22-16/h2-5,8,13,18H,6-7,9-12,14H2,1H3,(H,21,25). The maximum absolute atomic E-state index is 12.2. The van der Waals surface area contributed by atoms with Gasteiger partial charge in [0.25, 0.3) is 5.91 Å². The van der Waals surface area contributed by atoms with Crippen LogP contribution in [0.5, 0.6) is 5.75 Å². The summed E-state index contributed by atoms with van der Waals surface area (Å²) in [6.07, 6.45) is 3.53. The lowest BCUT2D eigenvalue weighted by molar-refractivity contribution is -0.133. The number of nitrogens with one attached hydrogen (secondary N) is 1. The maximum atomic E-state index is 12.2. The van der Waals surface area contributed by atoms with Gasteiger partial charge >= 0.3 is 0 Å². The molecular formula is C20H25N3O5. The summed E-state index contributed by atoms with van der Waals surface area (Å²) in [5.41, 5.74) is 1.22. The topological polar surface area (TPSA) is 93.9 Å². The lowest BCUT2D eigenvalue weighted by atomic mass is 10.1. The van der Waals surface area contributed by atoms with Crippen molar-refractivity contribution < 1.29 is 23.6 Å². The number of hydrogen-bond acceptors (Lipinski definition) is 6. The second kappa shape index (κ2) is 9.89. The molecule has 1 fully saturated rings. The van der Waals surface area contributed by atoms with Crippen molar-refractivity contribution in [3.05, 3.63) is 47.9 Å². The number of carbonyl (C=O) groups excluding carboxylic acids is 2. The third kappa shape index (κ3) is 5.56. The molecule has 0 saturated carbocycles. The van der Waals surface area contributed by atoms with Crippen LogP contribution >= 0.6 is 0 Å². The Morgan fingerprint density at radius 3 is 2.61 bits per heavy atom. The Morgan fingerprint density at radius 2 is 1.96 bits per heavy atom. The Morgan fingerprint density at radius 1 is 1.21 bits per heavy atom. The zero-order chi connectivity index (χ0) is 19.8. The van der Waals surface area contributed by atoms with E-state index in [4.69, 9.17) is 14.0 Å². The highest BCUT2D eigenvalue weighted by molar-refractivity contribution is 5.94. The number of aromatic nitrogens is 1. The summed E-state index contributed by atoms with van der Waals surface area (Å²) in [6, 6.07) is 8.75. The Labute approximate surface area is 163 Å². The average Bonchev–Trinajstić information content (AvgIpc) is 3.25. The summed E-state index contributed by atoms with van der Waals surface area (Å²) in [6.45, 7) is 2.15. The molecule has 1 aromatic carbocycles. The lowest BCUT2D eigenvalue weighted by Crippen LogP contribution is -2.42.